The van der Waals surface area contributed by atoms with Crippen LogP contribution in [0.25, 0.3) is 0 Å². The Hall–Kier alpha value is -1.55. The fourth-order valence-corrected chi connectivity index (χ4v) is 3.20. The average molecular weight is 289 g/mol. The molecule has 1 amide bonds. The molecule has 1 aliphatic heterocycles. The topological polar surface area (TPSA) is 58.4 Å². The Kier molecular flexibility index (Phi) is 5.23. The number of amides is 1. The van der Waals surface area contributed by atoms with Gasteiger partial charge in [0.25, 0.3) is 0 Å². The van der Waals surface area contributed by atoms with Gasteiger partial charge in [0, 0.05) is 24.3 Å². The zero-order valence-corrected chi connectivity index (χ0v) is 13.3. The van der Waals surface area contributed by atoms with Crippen LogP contribution in [-0.2, 0) is 4.79 Å². The van der Waals surface area contributed by atoms with Gasteiger partial charge in [-0.1, -0.05) is 19.1 Å². The second-order valence-electron chi connectivity index (χ2n) is 6.02. The fourth-order valence-electron chi connectivity index (χ4n) is 3.20. The lowest BCUT2D eigenvalue weighted by Gasteiger charge is -2.38. The van der Waals surface area contributed by atoms with E-state index in [1.807, 2.05) is 7.05 Å². The van der Waals surface area contributed by atoms with E-state index in [-0.39, 0.29) is 11.8 Å². The highest BCUT2D eigenvalue weighted by Crippen LogP contribution is 2.29. The van der Waals surface area contributed by atoms with E-state index in [0.29, 0.717) is 12.1 Å². The van der Waals surface area contributed by atoms with Crippen molar-refractivity contribution in [3.8, 4) is 0 Å². The van der Waals surface area contributed by atoms with Crippen LogP contribution >= 0.6 is 0 Å². The standard InChI is InChI=1S/C17H27N3O/c1-4-16(19-3)13-7-9-15(10-8-13)20-11-14(17(18)21)6-5-12(20)2/h7-10,12,14,16,19H,4-6,11H2,1-3H3,(H2,18,21). The smallest absolute Gasteiger partial charge is 0.222 e. The lowest BCUT2D eigenvalue weighted by atomic mass is 9.92. The predicted molar refractivity (Wildman–Crippen MR) is 87.3 cm³/mol. The van der Waals surface area contributed by atoms with Crippen molar-refractivity contribution in [1.29, 1.82) is 0 Å². The van der Waals surface area contributed by atoms with E-state index >= 15 is 0 Å². The van der Waals surface area contributed by atoms with Crippen LogP contribution in [0.1, 0.15) is 44.7 Å². The highest BCUT2D eigenvalue weighted by Gasteiger charge is 2.28. The van der Waals surface area contributed by atoms with Gasteiger partial charge in [-0.3, -0.25) is 4.79 Å². The minimum absolute atomic E-state index is 0.0263. The number of hydrogen-bond acceptors (Lipinski definition) is 3. The maximum atomic E-state index is 11.4. The molecule has 3 unspecified atom stereocenters. The summed E-state index contributed by atoms with van der Waals surface area (Å²) in [5.74, 6) is -0.202. The molecule has 3 N–H and O–H groups in total. The molecule has 2 rings (SSSR count). The second kappa shape index (κ2) is 6.94. The van der Waals surface area contributed by atoms with Crippen LogP contribution in [0.15, 0.2) is 24.3 Å². The summed E-state index contributed by atoms with van der Waals surface area (Å²) in [6.45, 7) is 5.13. The maximum absolute atomic E-state index is 11.4. The molecule has 4 nitrogen and oxygen atoms in total. The van der Waals surface area contributed by atoms with Crippen molar-refractivity contribution in [2.45, 2.75) is 45.2 Å². The number of carbonyl (C=O) groups is 1. The summed E-state index contributed by atoms with van der Waals surface area (Å²) in [4.78, 5) is 13.8. The van der Waals surface area contributed by atoms with Crippen LogP contribution < -0.4 is 16.0 Å². The predicted octanol–water partition coefficient (Wildman–Crippen LogP) is 2.45. The van der Waals surface area contributed by atoms with Crippen LogP contribution in [0.3, 0.4) is 0 Å². The summed E-state index contributed by atoms with van der Waals surface area (Å²) in [7, 11) is 1.99. The first-order valence-electron chi connectivity index (χ1n) is 7.90. The first kappa shape index (κ1) is 15.8. The summed E-state index contributed by atoms with van der Waals surface area (Å²) in [5.41, 5.74) is 7.97. The number of nitrogens with two attached hydrogens (primary N) is 1. The molecule has 0 aromatic heterocycles. The summed E-state index contributed by atoms with van der Waals surface area (Å²) < 4.78 is 0. The van der Waals surface area contributed by atoms with Crippen molar-refractivity contribution in [3.05, 3.63) is 29.8 Å². The van der Waals surface area contributed by atoms with E-state index in [2.05, 4.69) is 48.3 Å². The average Bonchev–Trinajstić information content (AvgIpc) is 2.49. The van der Waals surface area contributed by atoms with Gasteiger partial charge in [0.15, 0.2) is 0 Å². The van der Waals surface area contributed by atoms with Crippen molar-refractivity contribution < 1.29 is 4.79 Å². The Morgan fingerprint density at radius 1 is 1.38 bits per heavy atom. The van der Waals surface area contributed by atoms with Crippen molar-refractivity contribution in [2.24, 2.45) is 11.7 Å². The quantitative estimate of drug-likeness (QED) is 0.875. The van der Waals surface area contributed by atoms with E-state index in [9.17, 15) is 4.79 Å². The van der Waals surface area contributed by atoms with Gasteiger partial charge in [0.05, 0.1) is 5.92 Å². The Morgan fingerprint density at radius 3 is 2.57 bits per heavy atom. The first-order valence-corrected chi connectivity index (χ1v) is 7.90. The molecule has 4 heteroatoms. The van der Waals surface area contributed by atoms with Crippen molar-refractivity contribution in [3.63, 3.8) is 0 Å². The van der Waals surface area contributed by atoms with E-state index in [0.717, 1.165) is 25.8 Å². The lowest BCUT2D eigenvalue weighted by Crippen LogP contribution is -2.45. The van der Waals surface area contributed by atoms with Gasteiger partial charge < -0.3 is 16.0 Å². The lowest BCUT2D eigenvalue weighted by molar-refractivity contribution is -0.122. The van der Waals surface area contributed by atoms with Crippen molar-refractivity contribution in [1.82, 2.24) is 5.32 Å². The normalized spacial score (nSPS) is 23.9. The number of hydrogen-bond donors (Lipinski definition) is 2. The molecule has 1 heterocycles. The monoisotopic (exact) mass is 289 g/mol. The molecule has 116 valence electrons. The summed E-state index contributed by atoms with van der Waals surface area (Å²) in [6, 6.07) is 9.54. The molecule has 21 heavy (non-hydrogen) atoms. The number of benzene rings is 1. The zero-order valence-electron chi connectivity index (χ0n) is 13.3. The minimum atomic E-state index is -0.176. The molecule has 3 atom stereocenters. The van der Waals surface area contributed by atoms with Crippen LogP contribution in [0.2, 0.25) is 0 Å². The Balaban J connectivity index is 2.14. The number of nitrogens with one attached hydrogen (secondary N) is 1. The molecule has 1 aromatic carbocycles. The van der Waals surface area contributed by atoms with Crippen LogP contribution in [0, 0.1) is 5.92 Å². The number of anilines is 1. The van der Waals surface area contributed by atoms with E-state index in [1.54, 1.807) is 0 Å². The van der Waals surface area contributed by atoms with Gasteiger partial charge in [-0.15, -0.1) is 0 Å². The number of carbonyl (C=O) groups excluding carboxylic acids is 1. The number of piperidine rings is 1. The Bertz CT molecular complexity index is 467. The highest BCUT2D eigenvalue weighted by atomic mass is 16.1. The van der Waals surface area contributed by atoms with Gasteiger partial charge in [-0.05, 0) is 50.9 Å². The van der Waals surface area contributed by atoms with Crippen LogP contribution in [0.4, 0.5) is 5.69 Å². The molecule has 1 fully saturated rings. The summed E-state index contributed by atoms with van der Waals surface area (Å²) >= 11 is 0. The number of primary amides is 1. The fraction of sp³-hybridized carbons (Fsp3) is 0.588. The molecule has 1 aliphatic rings. The van der Waals surface area contributed by atoms with Gasteiger partial charge in [0.2, 0.25) is 5.91 Å². The highest BCUT2D eigenvalue weighted by molar-refractivity contribution is 5.77. The van der Waals surface area contributed by atoms with E-state index < -0.39 is 0 Å². The molecule has 0 bridgehead atoms. The molecule has 0 saturated carbocycles. The molecular formula is C17H27N3O. The van der Waals surface area contributed by atoms with Gasteiger partial charge in [0.1, 0.15) is 0 Å². The van der Waals surface area contributed by atoms with E-state index in [4.69, 9.17) is 5.73 Å². The van der Waals surface area contributed by atoms with Crippen molar-refractivity contribution >= 4 is 11.6 Å². The molecule has 1 saturated heterocycles. The molecule has 1 aromatic rings. The third-order valence-corrected chi connectivity index (χ3v) is 4.67. The molecule has 0 aliphatic carbocycles. The third-order valence-electron chi connectivity index (χ3n) is 4.67. The Morgan fingerprint density at radius 2 is 2.05 bits per heavy atom. The second-order valence-corrected chi connectivity index (χ2v) is 6.02. The van der Waals surface area contributed by atoms with Gasteiger partial charge in [-0.25, -0.2) is 0 Å². The SMILES string of the molecule is CCC(NC)c1ccc(N2CC(C(N)=O)CCC2C)cc1. The molecule has 0 radical (unpaired) electrons. The largest absolute Gasteiger partial charge is 0.369 e. The molecule has 0 spiro atoms. The summed E-state index contributed by atoms with van der Waals surface area (Å²) in [6.07, 6.45) is 2.99. The number of nitrogens with zero attached hydrogens (tertiary/aromatic N) is 1. The minimum Gasteiger partial charge on any atom is -0.369 e. The van der Waals surface area contributed by atoms with Gasteiger partial charge in [-0.2, -0.15) is 0 Å². The first-order chi connectivity index (χ1) is 10.1. The number of rotatable bonds is 5. The zero-order chi connectivity index (χ0) is 15.4. The third kappa shape index (κ3) is 3.56. The van der Waals surface area contributed by atoms with Crippen LogP contribution in [-0.4, -0.2) is 25.5 Å². The van der Waals surface area contributed by atoms with Crippen LogP contribution in [0.5, 0.6) is 0 Å². The van der Waals surface area contributed by atoms with Gasteiger partial charge >= 0.3 is 0 Å². The van der Waals surface area contributed by atoms with Crippen molar-refractivity contribution in [2.75, 3.05) is 18.5 Å². The van der Waals surface area contributed by atoms with E-state index in [1.165, 1.54) is 11.3 Å². The Labute approximate surface area is 127 Å². The summed E-state index contributed by atoms with van der Waals surface area (Å²) in [5, 5.41) is 3.32. The molecular weight excluding hydrogens is 262 g/mol. The maximum Gasteiger partial charge on any atom is 0.222 e.